The highest BCUT2D eigenvalue weighted by Gasteiger charge is 2.20. The van der Waals surface area contributed by atoms with Crippen molar-refractivity contribution in [2.24, 2.45) is 0 Å². The third-order valence-corrected chi connectivity index (χ3v) is 6.92. The Labute approximate surface area is 215 Å². The average molecular weight is 495 g/mol. The zero-order valence-electron chi connectivity index (χ0n) is 21.3. The zero-order chi connectivity index (χ0) is 25.4. The van der Waals surface area contributed by atoms with Crippen molar-refractivity contribution in [3.63, 3.8) is 0 Å². The summed E-state index contributed by atoms with van der Waals surface area (Å²) in [5.41, 5.74) is 7.62. The standard InChI is InChI=1S/C28H30N8O/c1-18(2)36-11-9-35(10-12-36)16-21-17-37-28(32-21)20-13-26-24(29-14-20)8-7-23(33-26)22-15-30-34-27(22)25-6-4-5-19(3)31-25/h4-8,13-15,17-18H,9-12,16H2,1-3H3,(H,30,34). The van der Waals surface area contributed by atoms with E-state index in [0.29, 0.717) is 11.9 Å². The molecule has 188 valence electrons. The highest BCUT2D eigenvalue weighted by molar-refractivity contribution is 5.84. The molecule has 37 heavy (non-hydrogen) atoms. The molecule has 5 aromatic heterocycles. The van der Waals surface area contributed by atoms with E-state index in [-0.39, 0.29) is 0 Å². The van der Waals surface area contributed by atoms with Gasteiger partial charge < -0.3 is 4.42 Å². The molecule has 0 unspecified atom stereocenters. The molecule has 0 spiro atoms. The van der Waals surface area contributed by atoms with Crippen LogP contribution in [-0.4, -0.2) is 72.2 Å². The van der Waals surface area contributed by atoms with Gasteiger partial charge in [0.1, 0.15) is 6.26 Å². The molecule has 9 nitrogen and oxygen atoms in total. The Morgan fingerprint density at radius 1 is 0.946 bits per heavy atom. The van der Waals surface area contributed by atoms with E-state index in [1.807, 2.05) is 43.3 Å². The van der Waals surface area contributed by atoms with E-state index in [9.17, 15) is 0 Å². The second kappa shape index (κ2) is 9.84. The van der Waals surface area contributed by atoms with Gasteiger partial charge in [-0.15, -0.1) is 0 Å². The van der Waals surface area contributed by atoms with Crippen molar-refractivity contribution < 1.29 is 4.42 Å². The van der Waals surface area contributed by atoms with Gasteiger partial charge in [-0.05, 0) is 51.1 Å². The third-order valence-electron chi connectivity index (χ3n) is 6.92. The van der Waals surface area contributed by atoms with E-state index < -0.39 is 0 Å². The molecular formula is C28H30N8O. The number of nitrogens with one attached hydrogen (secondary N) is 1. The highest BCUT2D eigenvalue weighted by atomic mass is 16.3. The Morgan fingerprint density at radius 2 is 1.81 bits per heavy atom. The Hall–Kier alpha value is -3.95. The number of fused-ring (bicyclic) bond motifs is 1. The summed E-state index contributed by atoms with van der Waals surface area (Å²) in [6, 6.07) is 12.4. The van der Waals surface area contributed by atoms with Gasteiger partial charge >= 0.3 is 0 Å². The quantitative estimate of drug-likeness (QED) is 0.366. The number of rotatable bonds is 6. The molecule has 0 aliphatic carbocycles. The summed E-state index contributed by atoms with van der Waals surface area (Å²) in [6.07, 6.45) is 5.33. The van der Waals surface area contributed by atoms with Gasteiger partial charge in [0.25, 0.3) is 0 Å². The molecule has 1 fully saturated rings. The molecule has 9 heteroatoms. The molecule has 1 N–H and O–H groups in total. The van der Waals surface area contributed by atoms with Gasteiger partial charge in [0, 0.05) is 56.2 Å². The number of H-pyrrole nitrogens is 1. The smallest absolute Gasteiger partial charge is 0.227 e. The number of piperazine rings is 1. The maximum atomic E-state index is 5.85. The van der Waals surface area contributed by atoms with Gasteiger partial charge in [-0.25, -0.2) is 9.97 Å². The number of aromatic nitrogens is 6. The van der Waals surface area contributed by atoms with Gasteiger partial charge in [0.15, 0.2) is 0 Å². The van der Waals surface area contributed by atoms with E-state index in [2.05, 4.69) is 43.8 Å². The first-order valence-electron chi connectivity index (χ1n) is 12.7. The summed E-state index contributed by atoms with van der Waals surface area (Å²) in [4.78, 5) is 23.8. The largest absolute Gasteiger partial charge is 0.444 e. The number of aromatic amines is 1. The van der Waals surface area contributed by atoms with Crippen molar-refractivity contribution >= 4 is 11.0 Å². The van der Waals surface area contributed by atoms with Crippen molar-refractivity contribution in [1.82, 2.24) is 39.9 Å². The molecule has 1 aliphatic rings. The molecule has 0 saturated carbocycles. The molecular weight excluding hydrogens is 464 g/mol. The molecule has 0 amide bonds. The van der Waals surface area contributed by atoms with E-state index in [1.54, 1.807) is 18.7 Å². The van der Waals surface area contributed by atoms with Gasteiger partial charge in [0.2, 0.25) is 5.89 Å². The van der Waals surface area contributed by atoms with Crippen molar-refractivity contribution in [2.75, 3.05) is 26.2 Å². The number of hydrogen-bond donors (Lipinski definition) is 1. The summed E-state index contributed by atoms with van der Waals surface area (Å²) < 4.78 is 5.85. The van der Waals surface area contributed by atoms with Crippen LogP contribution in [0.25, 0.3) is 45.1 Å². The van der Waals surface area contributed by atoms with Gasteiger partial charge in [-0.2, -0.15) is 5.10 Å². The van der Waals surface area contributed by atoms with Crippen molar-refractivity contribution in [2.45, 2.75) is 33.4 Å². The minimum Gasteiger partial charge on any atom is -0.444 e. The maximum Gasteiger partial charge on any atom is 0.227 e. The van der Waals surface area contributed by atoms with Crippen molar-refractivity contribution in [3.8, 4) is 34.1 Å². The summed E-state index contributed by atoms with van der Waals surface area (Å²) in [5, 5.41) is 7.34. The van der Waals surface area contributed by atoms with Gasteiger partial charge in [-0.3, -0.25) is 24.9 Å². The fraction of sp³-hybridized carbons (Fsp3) is 0.321. The van der Waals surface area contributed by atoms with Crippen molar-refractivity contribution in [1.29, 1.82) is 0 Å². The molecule has 6 rings (SSSR count). The SMILES string of the molecule is Cc1cccc(-c2[nH]ncc2-c2ccc3ncc(-c4nc(CN5CCN(C(C)C)CC5)co4)cc3n2)n1. The van der Waals surface area contributed by atoms with Crippen LogP contribution in [0.1, 0.15) is 25.2 Å². The molecule has 1 aliphatic heterocycles. The normalized spacial score (nSPS) is 15.1. The molecule has 0 bridgehead atoms. The Bertz CT molecular complexity index is 1530. The Morgan fingerprint density at radius 3 is 2.62 bits per heavy atom. The minimum absolute atomic E-state index is 0.561. The van der Waals surface area contributed by atoms with E-state index in [1.165, 1.54) is 0 Å². The lowest BCUT2D eigenvalue weighted by Crippen LogP contribution is -2.48. The molecule has 5 aromatic rings. The lowest BCUT2D eigenvalue weighted by atomic mass is 10.1. The van der Waals surface area contributed by atoms with Crippen LogP contribution in [0.4, 0.5) is 0 Å². The van der Waals surface area contributed by atoms with Crippen LogP contribution in [0.15, 0.2) is 59.5 Å². The first kappa shape index (κ1) is 23.4. The Balaban J connectivity index is 1.24. The van der Waals surface area contributed by atoms with Crippen LogP contribution in [0.5, 0.6) is 0 Å². The second-order valence-electron chi connectivity index (χ2n) is 9.83. The summed E-state index contributed by atoms with van der Waals surface area (Å²) in [7, 11) is 0. The fourth-order valence-corrected chi connectivity index (χ4v) is 4.81. The predicted octanol–water partition coefficient (Wildman–Crippen LogP) is 4.57. The minimum atomic E-state index is 0.561. The average Bonchev–Trinajstić information content (AvgIpc) is 3.59. The van der Waals surface area contributed by atoms with Crippen LogP contribution in [0.3, 0.4) is 0 Å². The first-order valence-corrected chi connectivity index (χ1v) is 12.7. The lowest BCUT2D eigenvalue weighted by Gasteiger charge is -2.36. The third kappa shape index (κ3) is 4.87. The first-order chi connectivity index (χ1) is 18.0. The lowest BCUT2D eigenvalue weighted by molar-refractivity contribution is 0.103. The van der Waals surface area contributed by atoms with Gasteiger partial charge in [-0.1, -0.05) is 6.07 Å². The molecule has 0 radical (unpaired) electrons. The van der Waals surface area contributed by atoms with Crippen LogP contribution < -0.4 is 0 Å². The predicted molar refractivity (Wildman–Crippen MR) is 143 cm³/mol. The molecule has 0 aromatic carbocycles. The molecule has 0 atom stereocenters. The number of nitrogens with zero attached hydrogens (tertiary/aromatic N) is 7. The van der Waals surface area contributed by atoms with Crippen LogP contribution in [-0.2, 0) is 6.54 Å². The topological polar surface area (TPSA) is 99.9 Å². The highest BCUT2D eigenvalue weighted by Crippen LogP contribution is 2.30. The van der Waals surface area contributed by atoms with E-state index >= 15 is 0 Å². The zero-order valence-corrected chi connectivity index (χ0v) is 21.3. The number of oxazole rings is 1. The molecule has 6 heterocycles. The molecule has 1 saturated heterocycles. The van der Waals surface area contributed by atoms with E-state index in [4.69, 9.17) is 14.4 Å². The van der Waals surface area contributed by atoms with Crippen LogP contribution in [0.2, 0.25) is 0 Å². The van der Waals surface area contributed by atoms with Crippen LogP contribution >= 0.6 is 0 Å². The second-order valence-corrected chi connectivity index (χ2v) is 9.83. The summed E-state index contributed by atoms with van der Waals surface area (Å²) in [6.45, 7) is 11.5. The number of aryl methyl sites for hydroxylation is 1. The van der Waals surface area contributed by atoms with Crippen molar-refractivity contribution in [3.05, 3.63) is 66.4 Å². The fourth-order valence-electron chi connectivity index (χ4n) is 4.81. The summed E-state index contributed by atoms with van der Waals surface area (Å²) in [5.74, 6) is 0.561. The monoisotopic (exact) mass is 494 g/mol. The van der Waals surface area contributed by atoms with Crippen LogP contribution in [0, 0.1) is 6.92 Å². The summed E-state index contributed by atoms with van der Waals surface area (Å²) >= 11 is 0. The Kier molecular flexibility index (Phi) is 6.23. The maximum absolute atomic E-state index is 5.85. The van der Waals surface area contributed by atoms with E-state index in [0.717, 1.165) is 83.4 Å². The number of pyridine rings is 3. The van der Waals surface area contributed by atoms with Gasteiger partial charge in [0.05, 0.1) is 45.6 Å². The number of hydrogen-bond acceptors (Lipinski definition) is 8.